The normalized spacial score (nSPS) is 12.8. The molecule has 2 N–H and O–H groups in total. The number of nitrogens with zero attached hydrogens (tertiary/aromatic N) is 1. The van der Waals surface area contributed by atoms with Gasteiger partial charge in [-0.3, -0.25) is 9.59 Å². The van der Waals surface area contributed by atoms with Gasteiger partial charge >= 0.3 is 0 Å². The fraction of sp³-hybridized carbons (Fsp3) is 0.188. The maximum Gasteiger partial charge on any atom is 0.261 e. The largest absolute Gasteiger partial charge is 0.486 e. The van der Waals surface area contributed by atoms with E-state index in [0.29, 0.717) is 34.7 Å². The third kappa shape index (κ3) is 3.42. The Morgan fingerprint density at radius 1 is 1.20 bits per heavy atom. The number of nitrogens with one attached hydrogen (secondary N) is 2. The van der Waals surface area contributed by atoms with E-state index in [9.17, 15) is 9.59 Å². The van der Waals surface area contributed by atoms with E-state index >= 15 is 0 Å². The number of carbonyl (C=O) groups is 2. The van der Waals surface area contributed by atoms with Crippen LogP contribution < -0.4 is 20.1 Å². The highest BCUT2D eigenvalue weighted by molar-refractivity contribution is 7.22. The minimum atomic E-state index is -0.332. The lowest BCUT2D eigenvalue weighted by atomic mass is 10.3. The summed E-state index contributed by atoms with van der Waals surface area (Å²) in [5.41, 5.74) is 0.729. The van der Waals surface area contributed by atoms with E-state index in [4.69, 9.17) is 9.47 Å². The van der Waals surface area contributed by atoms with E-state index < -0.39 is 0 Å². The first-order valence-corrected chi connectivity index (χ1v) is 9.20. The summed E-state index contributed by atoms with van der Waals surface area (Å²) in [5, 5.41) is 7.55. The number of rotatable bonds is 4. The second kappa shape index (κ2) is 6.69. The minimum Gasteiger partial charge on any atom is -0.486 e. The van der Waals surface area contributed by atoms with Crippen LogP contribution in [0.3, 0.4) is 0 Å². The Bertz CT molecular complexity index is 893. The molecule has 0 bridgehead atoms. The lowest BCUT2D eigenvalue weighted by Gasteiger charge is -2.17. The summed E-state index contributed by atoms with van der Waals surface area (Å²) >= 11 is 2.67. The third-order valence-corrected chi connectivity index (χ3v) is 5.26. The highest BCUT2D eigenvalue weighted by Gasteiger charge is 2.16. The third-order valence-electron chi connectivity index (χ3n) is 3.45. The number of aromatic nitrogens is 1. The molecule has 2 aromatic heterocycles. The van der Waals surface area contributed by atoms with E-state index in [-0.39, 0.29) is 18.4 Å². The number of ether oxygens (including phenoxy) is 2. The van der Waals surface area contributed by atoms with Crippen molar-refractivity contribution >= 4 is 49.8 Å². The van der Waals surface area contributed by atoms with Gasteiger partial charge in [-0.15, -0.1) is 11.3 Å². The predicted octanol–water partition coefficient (Wildman–Crippen LogP) is 2.50. The Balaban J connectivity index is 1.41. The van der Waals surface area contributed by atoms with Gasteiger partial charge in [0.05, 0.1) is 21.6 Å². The summed E-state index contributed by atoms with van der Waals surface area (Å²) in [6, 6.07) is 7.15. The summed E-state index contributed by atoms with van der Waals surface area (Å²) in [6.07, 6.45) is 0. The fourth-order valence-corrected chi connectivity index (χ4v) is 3.87. The number of anilines is 1. The predicted molar refractivity (Wildman–Crippen MR) is 95.9 cm³/mol. The van der Waals surface area contributed by atoms with Crippen LogP contribution in [0.5, 0.6) is 11.5 Å². The summed E-state index contributed by atoms with van der Waals surface area (Å²) in [7, 11) is 0. The number of fused-ring (bicyclic) bond motifs is 2. The van der Waals surface area contributed by atoms with Crippen molar-refractivity contribution in [1.29, 1.82) is 0 Å². The zero-order valence-corrected chi connectivity index (χ0v) is 14.5. The smallest absolute Gasteiger partial charge is 0.261 e. The molecule has 0 saturated heterocycles. The quantitative estimate of drug-likeness (QED) is 0.731. The fourth-order valence-electron chi connectivity index (χ4n) is 2.34. The molecule has 0 aliphatic carbocycles. The highest BCUT2D eigenvalue weighted by Crippen LogP contribution is 2.37. The molecule has 3 heterocycles. The molecule has 0 saturated carbocycles. The molecule has 25 heavy (non-hydrogen) atoms. The molecular weight excluding hydrogens is 362 g/mol. The number of hydrogen-bond acceptors (Lipinski definition) is 7. The molecule has 7 nitrogen and oxygen atoms in total. The number of thiazole rings is 1. The van der Waals surface area contributed by atoms with Gasteiger partial charge in [-0.25, -0.2) is 4.98 Å². The number of hydrogen-bond donors (Lipinski definition) is 2. The molecule has 0 radical (unpaired) electrons. The number of benzene rings is 1. The monoisotopic (exact) mass is 375 g/mol. The summed E-state index contributed by atoms with van der Waals surface area (Å²) in [6.45, 7) is 0.913. The zero-order chi connectivity index (χ0) is 17.2. The molecule has 1 aromatic carbocycles. The average Bonchev–Trinajstić information content (AvgIpc) is 3.26. The van der Waals surface area contributed by atoms with Crippen molar-refractivity contribution in [3.05, 3.63) is 34.5 Å². The van der Waals surface area contributed by atoms with Crippen molar-refractivity contribution in [2.45, 2.75) is 0 Å². The number of amides is 2. The average molecular weight is 375 g/mol. The van der Waals surface area contributed by atoms with Gasteiger partial charge in [0.1, 0.15) is 13.2 Å². The van der Waals surface area contributed by atoms with Gasteiger partial charge in [0.2, 0.25) is 5.91 Å². The molecule has 0 fully saturated rings. The molecule has 3 aromatic rings. The van der Waals surface area contributed by atoms with Crippen LogP contribution in [0.4, 0.5) is 5.13 Å². The van der Waals surface area contributed by atoms with Crippen molar-refractivity contribution < 1.29 is 19.1 Å². The number of carbonyl (C=O) groups excluding carboxylic acids is 2. The van der Waals surface area contributed by atoms with Crippen molar-refractivity contribution in [2.75, 3.05) is 25.1 Å². The maximum atomic E-state index is 12.0. The first-order chi connectivity index (χ1) is 12.2. The Hall–Kier alpha value is -2.65. The van der Waals surface area contributed by atoms with Gasteiger partial charge in [-0.05, 0) is 11.4 Å². The van der Waals surface area contributed by atoms with Gasteiger partial charge in [0, 0.05) is 12.1 Å². The van der Waals surface area contributed by atoms with E-state index in [0.717, 1.165) is 10.2 Å². The molecule has 9 heteroatoms. The summed E-state index contributed by atoms with van der Waals surface area (Å²) in [4.78, 5) is 28.8. The van der Waals surface area contributed by atoms with Crippen LogP contribution in [0.25, 0.3) is 10.2 Å². The van der Waals surface area contributed by atoms with E-state index in [1.807, 2.05) is 11.4 Å². The lowest BCUT2D eigenvalue weighted by Crippen LogP contribution is -2.32. The van der Waals surface area contributed by atoms with Gasteiger partial charge in [0.15, 0.2) is 16.6 Å². The topological polar surface area (TPSA) is 89.6 Å². The Kier molecular flexibility index (Phi) is 4.24. The molecule has 1 aliphatic heterocycles. The van der Waals surface area contributed by atoms with Crippen molar-refractivity contribution in [3.8, 4) is 11.5 Å². The van der Waals surface area contributed by atoms with Gasteiger partial charge in [0.25, 0.3) is 5.91 Å². The molecule has 0 atom stereocenters. The first kappa shape index (κ1) is 15.9. The van der Waals surface area contributed by atoms with Gasteiger partial charge in [-0.1, -0.05) is 17.4 Å². The van der Waals surface area contributed by atoms with Crippen LogP contribution in [-0.2, 0) is 4.79 Å². The van der Waals surface area contributed by atoms with Crippen molar-refractivity contribution in [1.82, 2.24) is 10.3 Å². The zero-order valence-electron chi connectivity index (χ0n) is 12.9. The Morgan fingerprint density at radius 2 is 2.00 bits per heavy atom. The van der Waals surface area contributed by atoms with Crippen molar-refractivity contribution in [2.24, 2.45) is 0 Å². The standard InChI is InChI=1S/C16H13N3O4S2/c20-14(8-17-15(21)12-2-1-5-24-12)19-16-18-9-6-10-11(7-13(9)25-16)23-4-3-22-10/h1-2,5-7H,3-4,8H2,(H,17,21)(H,18,19,20). The molecule has 1 aliphatic rings. The molecule has 4 rings (SSSR count). The van der Waals surface area contributed by atoms with Crippen LogP contribution in [0.15, 0.2) is 29.6 Å². The lowest BCUT2D eigenvalue weighted by molar-refractivity contribution is -0.115. The minimum absolute atomic E-state index is 0.116. The Labute approximate surface area is 150 Å². The first-order valence-electron chi connectivity index (χ1n) is 7.51. The summed E-state index contributed by atoms with van der Waals surface area (Å²) in [5.74, 6) is 0.742. The highest BCUT2D eigenvalue weighted by atomic mass is 32.1. The molecule has 2 amide bonds. The van der Waals surface area contributed by atoms with Gasteiger partial charge < -0.3 is 20.1 Å². The van der Waals surface area contributed by atoms with Crippen LogP contribution in [-0.4, -0.2) is 36.6 Å². The second-order valence-electron chi connectivity index (χ2n) is 5.19. The summed E-state index contributed by atoms with van der Waals surface area (Å²) < 4.78 is 12.0. The molecule has 0 unspecified atom stereocenters. The van der Waals surface area contributed by atoms with Gasteiger partial charge in [-0.2, -0.15) is 0 Å². The van der Waals surface area contributed by atoms with Crippen LogP contribution in [0.1, 0.15) is 9.67 Å². The second-order valence-corrected chi connectivity index (χ2v) is 7.17. The van der Waals surface area contributed by atoms with Crippen LogP contribution in [0, 0.1) is 0 Å². The SMILES string of the molecule is O=C(CNC(=O)c1cccs1)Nc1nc2cc3c(cc2s1)OCCO3. The van der Waals surface area contributed by atoms with Crippen molar-refractivity contribution in [3.63, 3.8) is 0 Å². The molecular formula is C16H13N3O4S2. The Morgan fingerprint density at radius 3 is 2.76 bits per heavy atom. The van der Waals surface area contributed by atoms with Crippen LogP contribution in [0.2, 0.25) is 0 Å². The molecule has 0 spiro atoms. The molecule has 128 valence electrons. The number of thiophene rings is 1. The van der Waals surface area contributed by atoms with E-state index in [1.165, 1.54) is 22.7 Å². The van der Waals surface area contributed by atoms with E-state index in [2.05, 4.69) is 15.6 Å². The maximum absolute atomic E-state index is 12.0. The van der Waals surface area contributed by atoms with E-state index in [1.54, 1.807) is 18.2 Å². The van der Waals surface area contributed by atoms with Crippen LogP contribution >= 0.6 is 22.7 Å².